The monoisotopic (exact) mass is 487 g/mol. The molecule has 3 aromatic rings. The van der Waals surface area contributed by atoms with E-state index in [4.69, 9.17) is 4.52 Å². The zero-order chi connectivity index (χ0) is 24.8. The fourth-order valence-corrected chi connectivity index (χ4v) is 3.90. The second-order valence-corrected chi connectivity index (χ2v) is 8.16. The number of rotatable bonds is 9. The van der Waals surface area contributed by atoms with Crippen molar-refractivity contribution in [1.82, 2.24) is 20.4 Å². The molecule has 1 aromatic carbocycles. The first-order chi connectivity index (χ1) is 16.2. The van der Waals surface area contributed by atoms with Crippen LogP contribution in [0.15, 0.2) is 28.8 Å². The molecule has 0 aliphatic heterocycles. The second-order valence-electron chi connectivity index (χ2n) is 7.16. The van der Waals surface area contributed by atoms with E-state index in [0.29, 0.717) is 23.0 Å². The summed E-state index contributed by atoms with van der Waals surface area (Å²) >= 11 is 0.933. The molecule has 2 heterocycles. The molecule has 34 heavy (non-hydrogen) atoms. The van der Waals surface area contributed by atoms with Gasteiger partial charge in [0.25, 0.3) is 5.91 Å². The topological polar surface area (TPSA) is 174 Å². The van der Waals surface area contributed by atoms with Crippen LogP contribution < -0.4 is 10.6 Å². The van der Waals surface area contributed by atoms with Gasteiger partial charge in [0, 0.05) is 30.5 Å². The van der Waals surface area contributed by atoms with E-state index in [2.05, 4.69) is 30.5 Å². The number of carboxylic acids is 1. The van der Waals surface area contributed by atoms with E-state index in [1.54, 1.807) is 26.0 Å². The summed E-state index contributed by atoms with van der Waals surface area (Å²) in [6.45, 7) is 3.23. The van der Waals surface area contributed by atoms with Crippen molar-refractivity contribution < 1.29 is 33.5 Å². The van der Waals surface area contributed by atoms with Gasteiger partial charge in [0.15, 0.2) is 5.13 Å². The summed E-state index contributed by atoms with van der Waals surface area (Å²) < 4.78 is 9.61. The van der Waals surface area contributed by atoms with Crippen LogP contribution in [-0.2, 0) is 14.3 Å². The molecule has 0 fully saturated rings. The number of carbonyl (C=O) groups is 4. The molecular weight excluding hydrogens is 466 g/mol. The van der Waals surface area contributed by atoms with E-state index in [0.717, 1.165) is 11.3 Å². The Morgan fingerprint density at radius 2 is 1.94 bits per heavy atom. The summed E-state index contributed by atoms with van der Waals surface area (Å²) in [5.41, 5.74) is 1.16. The van der Waals surface area contributed by atoms with Gasteiger partial charge in [-0.3, -0.25) is 14.4 Å². The first-order valence-electron chi connectivity index (χ1n) is 9.95. The number of carbonyl (C=O) groups excluding carboxylic acids is 3. The van der Waals surface area contributed by atoms with Gasteiger partial charge in [-0.05, 0) is 19.1 Å². The van der Waals surface area contributed by atoms with Crippen LogP contribution in [0.1, 0.15) is 44.5 Å². The zero-order valence-corrected chi connectivity index (χ0v) is 19.3. The maximum Gasteiger partial charge on any atom is 0.350 e. The van der Waals surface area contributed by atoms with Crippen LogP contribution in [0, 0.1) is 13.8 Å². The number of thiazole rings is 1. The zero-order valence-electron chi connectivity index (χ0n) is 18.4. The van der Waals surface area contributed by atoms with Crippen LogP contribution >= 0.6 is 11.3 Å². The molecule has 0 aliphatic carbocycles. The SMILES string of the molecule is COC(=O)c1sc(NC(=O)C[C@H](CC(=O)O)NC(=O)c2cccc(-c3noc(C)n3)c2)nc1C. The molecule has 0 aliphatic rings. The number of aryl methyl sites for hydroxylation is 2. The molecule has 0 saturated heterocycles. The molecule has 2 amide bonds. The van der Waals surface area contributed by atoms with Gasteiger partial charge >= 0.3 is 11.9 Å². The lowest BCUT2D eigenvalue weighted by molar-refractivity contribution is -0.137. The van der Waals surface area contributed by atoms with Gasteiger partial charge in [0.05, 0.1) is 19.2 Å². The van der Waals surface area contributed by atoms with Gasteiger partial charge in [-0.25, -0.2) is 9.78 Å². The number of methoxy groups -OCH3 is 1. The van der Waals surface area contributed by atoms with Crippen molar-refractivity contribution in [1.29, 1.82) is 0 Å². The minimum Gasteiger partial charge on any atom is -0.481 e. The fourth-order valence-electron chi connectivity index (χ4n) is 3.00. The van der Waals surface area contributed by atoms with Crippen molar-refractivity contribution in [3.8, 4) is 11.4 Å². The van der Waals surface area contributed by atoms with E-state index in [-0.39, 0.29) is 22.0 Å². The van der Waals surface area contributed by atoms with Crippen LogP contribution in [0.2, 0.25) is 0 Å². The number of nitrogens with one attached hydrogen (secondary N) is 2. The largest absolute Gasteiger partial charge is 0.481 e. The Bertz CT molecular complexity index is 1240. The summed E-state index contributed by atoms with van der Waals surface area (Å²) in [5.74, 6) is -2.24. The third-order valence-electron chi connectivity index (χ3n) is 4.51. The number of amides is 2. The highest BCUT2D eigenvalue weighted by atomic mass is 32.1. The van der Waals surface area contributed by atoms with Crippen LogP contribution in [0.25, 0.3) is 11.4 Å². The van der Waals surface area contributed by atoms with Crippen LogP contribution in [0.3, 0.4) is 0 Å². The Kier molecular flexibility index (Phi) is 7.68. The van der Waals surface area contributed by atoms with Gasteiger partial charge in [0.2, 0.25) is 17.6 Å². The number of hydrogen-bond donors (Lipinski definition) is 3. The van der Waals surface area contributed by atoms with Gasteiger partial charge in [0.1, 0.15) is 4.88 Å². The van der Waals surface area contributed by atoms with E-state index in [1.807, 2.05) is 0 Å². The van der Waals surface area contributed by atoms with Crippen molar-refractivity contribution in [2.45, 2.75) is 32.7 Å². The molecular formula is C21H21N5O7S. The molecule has 12 nitrogen and oxygen atoms in total. The van der Waals surface area contributed by atoms with E-state index < -0.39 is 36.2 Å². The standard InChI is InChI=1S/C21H21N5O7S/c1-10-17(20(31)32-3)34-21(22-10)25-15(27)8-14(9-16(28)29)24-19(30)13-6-4-5-12(7-13)18-23-11(2)33-26-18/h4-7,14H,8-9H2,1-3H3,(H,24,30)(H,28,29)(H,22,25,27)/t14-/m1/s1. The maximum atomic E-state index is 12.8. The number of carboxylic acid groups (broad SMARTS) is 1. The Balaban J connectivity index is 1.69. The minimum atomic E-state index is -1.19. The first kappa shape index (κ1) is 24.5. The number of aliphatic carboxylic acids is 1. The fraction of sp³-hybridized carbons (Fsp3) is 0.286. The number of benzene rings is 1. The molecule has 0 bridgehead atoms. The third kappa shape index (κ3) is 6.22. The molecule has 178 valence electrons. The predicted molar refractivity (Wildman–Crippen MR) is 119 cm³/mol. The lowest BCUT2D eigenvalue weighted by Gasteiger charge is -2.16. The molecule has 0 unspecified atom stereocenters. The van der Waals surface area contributed by atoms with Crippen LogP contribution in [0.5, 0.6) is 0 Å². The van der Waals surface area contributed by atoms with Crippen molar-refractivity contribution in [2.75, 3.05) is 12.4 Å². The summed E-state index contributed by atoms with van der Waals surface area (Å²) in [7, 11) is 1.23. The van der Waals surface area contributed by atoms with Gasteiger partial charge in [-0.2, -0.15) is 4.98 Å². The molecule has 3 rings (SSSR count). The Morgan fingerprint density at radius 1 is 1.18 bits per heavy atom. The third-order valence-corrected chi connectivity index (χ3v) is 5.57. The second kappa shape index (κ2) is 10.7. The molecule has 3 N–H and O–H groups in total. The van der Waals surface area contributed by atoms with E-state index >= 15 is 0 Å². The van der Waals surface area contributed by atoms with Crippen molar-refractivity contribution >= 4 is 40.2 Å². The highest BCUT2D eigenvalue weighted by Crippen LogP contribution is 2.23. The smallest absolute Gasteiger partial charge is 0.350 e. The summed E-state index contributed by atoms with van der Waals surface area (Å²) in [6.07, 6.45) is -0.804. The van der Waals surface area contributed by atoms with Gasteiger partial charge < -0.3 is 25.0 Å². The number of anilines is 1. The number of hydrogen-bond acceptors (Lipinski definition) is 10. The molecule has 0 radical (unpaired) electrons. The Hall–Kier alpha value is -4.13. The Labute approximate surface area is 197 Å². The molecule has 0 saturated carbocycles. The average molecular weight is 487 g/mol. The van der Waals surface area contributed by atoms with E-state index in [1.165, 1.54) is 19.2 Å². The normalized spacial score (nSPS) is 11.5. The molecule has 1 atom stereocenters. The number of ether oxygens (including phenoxy) is 1. The number of aromatic nitrogens is 3. The first-order valence-corrected chi connectivity index (χ1v) is 10.8. The summed E-state index contributed by atoms with van der Waals surface area (Å²) in [4.78, 5) is 56.7. The Morgan fingerprint density at radius 3 is 2.59 bits per heavy atom. The van der Waals surface area contributed by atoms with Gasteiger partial charge in [-0.15, -0.1) is 0 Å². The van der Waals surface area contributed by atoms with Crippen LogP contribution in [0.4, 0.5) is 5.13 Å². The number of nitrogens with zero attached hydrogens (tertiary/aromatic N) is 3. The van der Waals surface area contributed by atoms with Crippen molar-refractivity contribution in [3.05, 3.63) is 46.3 Å². The van der Waals surface area contributed by atoms with Crippen molar-refractivity contribution in [2.24, 2.45) is 0 Å². The quantitative estimate of drug-likeness (QED) is 0.380. The maximum absolute atomic E-state index is 12.8. The van der Waals surface area contributed by atoms with Crippen LogP contribution in [-0.4, -0.2) is 57.1 Å². The molecule has 2 aromatic heterocycles. The number of esters is 1. The molecule has 13 heteroatoms. The summed E-state index contributed by atoms with van der Waals surface area (Å²) in [5, 5.41) is 18.3. The highest BCUT2D eigenvalue weighted by Gasteiger charge is 2.23. The van der Waals surface area contributed by atoms with Gasteiger partial charge in [-0.1, -0.05) is 28.6 Å². The summed E-state index contributed by atoms with van der Waals surface area (Å²) in [6, 6.07) is 5.39. The minimum absolute atomic E-state index is 0.159. The molecule has 0 spiro atoms. The van der Waals surface area contributed by atoms with E-state index in [9.17, 15) is 24.3 Å². The predicted octanol–water partition coefficient (Wildman–Crippen LogP) is 2.20. The lowest BCUT2D eigenvalue weighted by atomic mass is 10.1. The average Bonchev–Trinajstić information content (AvgIpc) is 3.37. The lowest BCUT2D eigenvalue weighted by Crippen LogP contribution is -2.39. The highest BCUT2D eigenvalue weighted by molar-refractivity contribution is 7.17. The van der Waals surface area contributed by atoms with Crippen molar-refractivity contribution in [3.63, 3.8) is 0 Å².